The summed E-state index contributed by atoms with van der Waals surface area (Å²) in [5, 5.41) is 10.3. The molecule has 1 atom stereocenters. The number of benzene rings is 1. The molecule has 0 aliphatic heterocycles. The molecule has 0 saturated carbocycles. The van der Waals surface area contributed by atoms with Gasteiger partial charge in [-0.15, -0.1) is 16.4 Å². The number of fused-ring (bicyclic) bond motifs is 5. The Hall–Kier alpha value is -2.51. The first-order valence-corrected chi connectivity index (χ1v) is 10.4. The molecule has 1 aliphatic carbocycles. The molecular weight excluding hydrogens is 394 g/mol. The van der Waals surface area contributed by atoms with E-state index in [1.165, 1.54) is 16.9 Å². The third kappa shape index (κ3) is 3.14. The highest BCUT2D eigenvalue weighted by Crippen LogP contribution is 2.38. The fourth-order valence-corrected chi connectivity index (χ4v) is 5.14. The van der Waals surface area contributed by atoms with Gasteiger partial charge >= 0.3 is 0 Å². The topological polar surface area (TPSA) is 64.7 Å². The summed E-state index contributed by atoms with van der Waals surface area (Å²) in [6.07, 6.45) is 6.74. The summed E-state index contributed by atoms with van der Waals surface area (Å²) in [5.74, 6) is 1.31. The lowest BCUT2D eigenvalue weighted by molar-refractivity contribution is 0.126. The molecule has 6 nitrogen and oxygen atoms in total. The van der Waals surface area contributed by atoms with E-state index in [9.17, 15) is 0 Å². The van der Waals surface area contributed by atoms with Crippen molar-refractivity contribution >= 4 is 45.0 Å². The van der Waals surface area contributed by atoms with Crippen molar-refractivity contribution in [3.05, 3.63) is 57.4 Å². The molecule has 0 N–H and O–H groups in total. The molecule has 3 aromatic heterocycles. The smallest absolute Gasteiger partial charge is 0.192 e. The van der Waals surface area contributed by atoms with Gasteiger partial charge in [0.25, 0.3) is 0 Å². The van der Waals surface area contributed by atoms with Gasteiger partial charge in [0, 0.05) is 15.5 Å². The van der Waals surface area contributed by atoms with Gasteiger partial charge in [0.1, 0.15) is 11.2 Å². The highest BCUT2D eigenvalue weighted by atomic mass is 35.5. The first-order valence-electron chi connectivity index (χ1n) is 9.23. The summed E-state index contributed by atoms with van der Waals surface area (Å²) in [6.45, 7) is 2.50. The van der Waals surface area contributed by atoms with Gasteiger partial charge in [-0.25, -0.2) is 14.5 Å². The highest BCUT2D eigenvalue weighted by molar-refractivity contribution is 7.19. The van der Waals surface area contributed by atoms with Crippen molar-refractivity contribution in [2.75, 3.05) is 0 Å². The van der Waals surface area contributed by atoms with Crippen LogP contribution in [-0.2, 0) is 24.3 Å². The maximum atomic E-state index is 6.10. The average molecular weight is 412 g/mol. The van der Waals surface area contributed by atoms with Crippen LogP contribution in [0, 0.1) is 5.92 Å². The molecule has 0 fully saturated rings. The molecule has 4 aromatic rings. The van der Waals surface area contributed by atoms with Crippen LogP contribution in [0.3, 0.4) is 0 Å². The second-order valence-corrected chi connectivity index (χ2v) is 8.59. The predicted molar refractivity (Wildman–Crippen MR) is 111 cm³/mol. The van der Waals surface area contributed by atoms with Crippen LogP contribution in [0.5, 0.6) is 0 Å². The van der Waals surface area contributed by atoms with Crippen molar-refractivity contribution < 1.29 is 4.84 Å². The van der Waals surface area contributed by atoms with Crippen LogP contribution in [0.2, 0.25) is 5.02 Å². The third-order valence-corrected chi connectivity index (χ3v) is 6.55. The summed E-state index contributed by atoms with van der Waals surface area (Å²) in [4.78, 5) is 17.2. The van der Waals surface area contributed by atoms with Gasteiger partial charge in [0.15, 0.2) is 18.1 Å². The first kappa shape index (κ1) is 17.6. The molecule has 3 heterocycles. The standard InChI is InChI=1S/C20H18ClN5OS/c1-12-6-7-14-16(8-12)28-20-18(14)19-24-17(25-26(19)11-22-20)10-27-23-9-13-4-2-3-5-15(13)21/h2-5,9,11-12H,6-8,10H2,1H3/b23-9-/t12-/m1/s1. The Kier molecular flexibility index (Phi) is 4.49. The second-order valence-electron chi connectivity index (χ2n) is 7.10. The quantitative estimate of drug-likeness (QED) is 0.361. The van der Waals surface area contributed by atoms with Crippen LogP contribution in [-0.4, -0.2) is 25.8 Å². The molecule has 142 valence electrons. The maximum Gasteiger partial charge on any atom is 0.192 e. The van der Waals surface area contributed by atoms with E-state index in [1.807, 2.05) is 24.3 Å². The van der Waals surface area contributed by atoms with E-state index < -0.39 is 0 Å². The number of aromatic nitrogens is 4. The van der Waals surface area contributed by atoms with Crippen molar-refractivity contribution in [1.29, 1.82) is 0 Å². The minimum absolute atomic E-state index is 0.188. The fourth-order valence-electron chi connectivity index (χ4n) is 3.61. The molecule has 0 radical (unpaired) electrons. The van der Waals surface area contributed by atoms with Crippen LogP contribution < -0.4 is 0 Å². The van der Waals surface area contributed by atoms with Crippen LogP contribution >= 0.6 is 22.9 Å². The second kappa shape index (κ2) is 7.14. The van der Waals surface area contributed by atoms with E-state index in [1.54, 1.807) is 28.4 Å². The van der Waals surface area contributed by atoms with Crippen LogP contribution in [0.1, 0.15) is 35.2 Å². The van der Waals surface area contributed by atoms with Crippen molar-refractivity contribution in [2.24, 2.45) is 11.1 Å². The molecule has 5 rings (SSSR count). The summed E-state index contributed by atoms with van der Waals surface area (Å²) in [5.41, 5.74) is 3.05. The Morgan fingerprint density at radius 1 is 1.39 bits per heavy atom. The molecule has 0 bridgehead atoms. The van der Waals surface area contributed by atoms with E-state index in [4.69, 9.17) is 21.4 Å². The van der Waals surface area contributed by atoms with Crippen molar-refractivity contribution in [1.82, 2.24) is 19.6 Å². The van der Waals surface area contributed by atoms with Crippen LogP contribution in [0.25, 0.3) is 15.9 Å². The monoisotopic (exact) mass is 411 g/mol. The van der Waals surface area contributed by atoms with E-state index >= 15 is 0 Å². The lowest BCUT2D eigenvalue weighted by atomic mass is 9.89. The Bertz CT molecular complexity index is 1200. The highest BCUT2D eigenvalue weighted by Gasteiger charge is 2.23. The van der Waals surface area contributed by atoms with E-state index in [0.29, 0.717) is 10.8 Å². The molecule has 0 saturated heterocycles. The molecule has 0 amide bonds. The Labute approximate surface area is 170 Å². The molecule has 1 aliphatic rings. The van der Waals surface area contributed by atoms with Gasteiger partial charge in [-0.3, -0.25) is 0 Å². The zero-order valence-corrected chi connectivity index (χ0v) is 16.9. The summed E-state index contributed by atoms with van der Waals surface area (Å²) in [7, 11) is 0. The molecule has 1 aromatic carbocycles. The minimum Gasteiger partial charge on any atom is -0.387 e. The van der Waals surface area contributed by atoms with Crippen LogP contribution in [0.15, 0.2) is 35.7 Å². The summed E-state index contributed by atoms with van der Waals surface area (Å²) in [6, 6.07) is 7.46. The van der Waals surface area contributed by atoms with Gasteiger partial charge in [-0.2, -0.15) is 0 Å². The number of thiophene rings is 1. The van der Waals surface area contributed by atoms with Crippen molar-refractivity contribution in [3.63, 3.8) is 0 Å². The van der Waals surface area contributed by atoms with Crippen molar-refractivity contribution in [3.8, 4) is 0 Å². The Morgan fingerprint density at radius 2 is 2.29 bits per heavy atom. The van der Waals surface area contributed by atoms with E-state index in [-0.39, 0.29) is 6.61 Å². The van der Waals surface area contributed by atoms with Gasteiger partial charge in [0.05, 0.1) is 11.6 Å². The number of nitrogens with zero attached hydrogens (tertiary/aromatic N) is 5. The Balaban J connectivity index is 1.41. The van der Waals surface area contributed by atoms with E-state index in [2.05, 4.69) is 22.2 Å². The van der Waals surface area contributed by atoms with Gasteiger partial charge < -0.3 is 4.84 Å². The number of halogens is 1. The molecular formula is C20H18ClN5OS. The SMILES string of the molecule is C[C@@H]1CCc2c(sc3ncn4nc(CO/N=C\c5ccccc5Cl)nc4c23)C1. The number of oxime groups is 1. The van der Waals surface area contributed by atoms with Crippen LogP contribution in [0.4, 0.5) is 0 Å². The number of rotatable bonds is 4. The third-order valence-electron chi connectivity index (χ3n) is 5.04. The number of aryl methyl sites for hydroxylation is 1. The van der Waals surface area contributed by atoms with E-state index in [0.717, 1.165) is 40.2 Å². The average Bonchev–Trinajstić information content (AvgIpc) is 3.26. The molecule has 0 unspecified atom stereocenters. The zero-order valence-electron chi connectivity index (χ0n) is 15.3. The van der Waals surface area contributed by atoms with Gasteiger partial charge in [0.2, 0.25) is 0 Å². The molecule has 0 spiro atoms. The zero-order chi connectivity index (χ0) is 19.1. The lowest BCUT2D eigenvalue weighted by Gasteiger charge is -2.17. The number of hydrogen-bond acceptors (Lipinski definition) is 6. The summed E-state index contributed by atoms with van der Waals surface area (Å²) < 4.78 is 1.74. The van der Waals surface area contributed by atoms with Gasteiger partial charge in [-0.1, -0.05) is 41.9 Å². The largest absolute Gasteiger partial charge is 0.387 e. The van der Waals surface area contributed by atoms with Gasteiger partial charge in [-0.05, 0) is 36.8 Å². The Morgan fingerprint density at radius 3 is 3.18 bits per heavy atom. The number of hydrogen-bond donors (Lipinski definition) is 0. The first-order chi connectivity index (χ1) is 13.7. The van der Waals surface area contributed by atoms with Crippen molar-refractivity contribution in [2.45, 2.75) is 32.8 Å². The maximum absolute atomic E-state index is 6.10. The predicted octanol–water partition coefficient (Wildman–Crippen LogP) is 4.67. The molecule has 8 heteroatoms. The molecule has 28 heavy (non-hydrogen) atoms. The normalized spacial score (nSPS) is 16.9. The lowest BCUT2D eigenvalue weighted by Crippen LogP contribution is -2.08. The summed E-state index contributed by atoms with van der Waals surface area (Å²) >= 11 is 7.89. The fraction of sp³-hybridized carbons (Fsp3) is 0.300. The minimum atomic E-state index is 0.188.